The molecule has 0 amide bonds. The molecule has 1 aliphatic carbocycles. The van der Waals surface area contributed by atoms with E-state index < -0.39 is 5.41 Å². The molecule has 3 nitrogen and oxygen atoms in total. The highest BCUT2D eigenvalue weighted by Gasteiger charge is 2.48. The first kappa shape index (κ1) is 12.8. The summed E-state index contributed by atoms with van der Waals surface area (Å²) in [7, 11) is 0. The first-order chi connectivity index (χ1) is 9.54. The Labute approximate surface area is 119 Å². The second-order valence-electron chi connectivity index (χ2n) is 5.73. The maximum Gasteiger partial charge on any atom is 0.149 e. The van der Waals surface area contributed by atoms with Gasteiger partial charge in [-0.2, -0.15) is 5.26 Å². The summed E-state index contributed by atoms with van der Waals surface area (Å²) in [5, 5.41) is 9.32. The van der Waals surface area contributed by atoms with Gasteiger partial charge in [-0.05, 0) is 45.2 Å². The van der Waals surface area contributed by atoms with Crippen molar-refractivity contribution in [2.45, 2.75) is 39.0 Å². The fraction of sp³-hybridized carbons (Fsp3) is 0.353. The largest absolute Gasteiger partial charge is 0.236 e. The molecule has 1 heterocycles. The van der Waals surface area contributed by atoms with E-state index in [9.17, 15) is 5.26 Å². The molecule has 0 spiro atoms. The molecule has 100 valence electrons. The molecule has 0 aliphatic heterocycles. The Morgan fingerprint density at radius 3 is 2.45 bits per heavy atom. The van der Waals surface area contributed by atoms with Gasteiger partial charge >= 0.3 is 0 Å². The summed E-state index contributed by atoms with van der Waals surface area (Å²) >= 11 is 0. The highest BCUT2D eigenvalue weighted by molar-refractivity contribution is 5.64. The Balaban J connectivity index is 2.13. The first-order valence-corrected chi connectivity index (χ1v) is 6.89. The molecule has 0 bridgehead atoms. The fourth-order valence-electron chi connectivity index (χ4n) is 2.53. The summed E-state index contributed by atoms with van der Waals surface area (Å²) < 4.78 is 0. The lowest BCUT2D eigenvalue weighted by atomic mass is 10.0. The maximum atomic E-state index is 9.32. The Hall–Kier alpha value is -2.21. The van der Waals surface area contributed by atoms with Crippen LogP contribution in [0, 0.1) is 32.1 Å². The lowest BCUT2D eigenvalue weighted by molar-refractivity contribution is 0.789. The summed E-state index contributed by atoms with van der Waals surface area (Å²) in [6.07, 6.45) is 1.75. The van der Waals surface area contributed by atoms with E-state index in [2.05, 4.69) is 48.1 Å². The lowest BCUT2D eigenvalue weighted by Crippen LogP contribution is -2.10. The Kier molecular flexibility index (Phi) is 2.83. The van der Waals surface area contributed by atoms with Gasteiger partial charge in [-0.1, -0.05) is 23.8 Å². The van der Waals surface area contributed by atoms with Gasteiger partial charge in [0.25, 0.3) is 0 Å². The van der Waals surface area contributed by atoms with Crippen molar-refractivity contribution in [1.29, 1.82) is 5.26 Å². The highest BCUT2D eigenvalue weighted by atomic mass is 14.9. The van der Waals surface area contributed by atoms with Crippen LogP contribution in [-0.2, 0) is 5.41 Å². The van der Waals surface area contributed by atoms with Crippen LogP contribution in [0.3, 0.4) is 0 Å². The zero-order valence-electron chi connectivity index (χ0n) is 12.1. The number of benzene rings is 1. The third-order valence-electron chi connectivity index (χ3n) is 3.90. The smallest absolute Gasteiger partial charge is 0.149 e. The van der Waals surface area contributed by atoms with E-state index in [4.69, 9.17) is 0 Å². The number of hydrogen-bond donors (Lipinski definition) is 0. The van der Waals surface area contributed by atoms with Gasteiger partial charge in [0.1, 0.15) is 11.2 Å². The van der Waals surface area contributed by atoms with Crippen LogP contribution < -0.4 is 0 Å². The van der Waals surface area contributed by atoms with Crippen LogP contribution in [0.2, 0.25) is 0 Å². The molecule has 1 aliphatic rings. The van der Waals surface area contributed by atoms with Crippen LogP contribution in [0.1, 0.15) is 35.5 Å². The van der Waals surface area contributed by atoms with E-state index in [1.165, 1.54) is 11.1 Å². The van der Waals surface area contributed by atoms with E-state index in [-0.39, 0.29) is 0 Å². The molecule has 3 rings (SSSR count). The molecule has 20 heavy (non-hydrogen) atoms. The minimum absolute atomic E-state index is 0.431. The Morgan fingerprint density at radius 2 is 1.85 bits per heavy atom. The maximum absolute atomic E-state index is 9.32. The molecule has 0 atom stereocenters. The molecule has 1 fully saturated rings. The average Bonchev–Trinajstić information content (AvgIpc) is 3.19. The summed E-state index contributed by atoms with van der Waals surface area (Å²) in [6.45, 7) is 6.14. The summed E-state index contributed by atoms with van der Waals surface area (Å²) in [5.74, 6) is 0.690. The second kappa shape index (κ2) is 4.42. The van der Waals surface area contributed by atoms with Crippen LogP contribution >= 0.6 is 0 Å². The number of aryl methyl sites for hydroxylation is 3. The highest BCUT2D eigenvalue weighted by Crippen LogP contribution is 2.46. The predicted molar refractivity (Wildman–Crippen MR) is 78.2 cm³/mol. The van der Waals surface area contributed by atoms with Gasteiger partial charge in [-0.25, -0.2) is 9.97 Å². The number of nitriles is 1. The molecule has 3 heteroatoms. The van der Waals surface area contributed by atoms with Crippen LogP contribution in [0.5, 0.6) is 0 Å². The molecule has 0 N–H and O–H groups in total. The summed E-state index contributed by atoms with van der Waals surface area (Å²) in [6, 6.07) is 10.7. The molecule has 1 saturated carbocycles. The van der Waals surface area contributed by atoms with E-state index in [1.54, 1.807) is 0 Å². The number of nitrogens with zero attached hydrogens (tertiary/aromatic N) is 3. The van der Waals surface area contributed by atoms with Crippen LogP contribution in [0.4, 0.5) is 0 Å². The summed E-state index contributed by atoms with van der Waals surface area (Å²) in [5.41, 5.74) is 4.98. The van der Waals surface area contributed by atoms with E-state index in [0.717, 1.165) is 29.8 Å². The first-order valence-electron chi connectivity index (χ1n) is 6.89. The topological polar surface area (TPSA) is 49.6 Å². The molecule has 2 aromatic rings. The lowest BCUT2D eigenvalue weighted by Gasteiger charge is -2.11. The number of aromatic nitrogens is 2. The SMILES string of the molecule is Cc1ccc(-c2cc(C)nc(C3(C#N)CC3)n2)c(C)c1. The van der Waals surface area contributed by atoms with Crippen molar-refractivity contribution >= 4 is 0 Å². The molecule has 0 radical (unpaired) electrons. The van der Waals surface area contributed by atoms with Crippen LogP contribution in [0.15, 0.2) is 24.3 Å². The van der Waals surface area contributed by atoms with Crippen molar-refractivity contribution in [3.8, 4) is 17.3 Å². The third kappa shape index (κ3) is 2.08. The van der Waals surface area contributed by atoms with Crippen molar-refractivity contribution in [2.75, 3.05) is 0 Å². The zero-order chi connectivity index (χ0) is 14.3. The normalized spacial score (nSPS) is 15.7. The molecule has 1 aromatic heterocycles. The third-order valence-corrected chi connectivity index (χ3v) is 3.90. The fourth-order valence-corrected chi connectivity index (χ4v) is 2.53. The Morgan fingerprint density at radius 1 is 1.10 bits per heavy atom. The number of hydrogen-bond acceptors (Lipinski definition) is 3. The van der Waals surface area contributed by atoms with E-state index in [0.29, 0.717) is 5.82 Å². The standard InChI is InChI=1S/C17H17N3/c1-11-4-5-14(12(2)8-11)15-9-13(3)19-16(20-15)17(10-18)6-7-17/h4-5,8-9H,6-7H2,1-3H3. The molecular formula is C17H17N3. The van der Waals surface area contributed by atoms with Gasteiger partial charge in [0, 0.05) is 11.3 Å². The minimum Gasteiger partial charge on any atom is -0.236 e. The molecule has 1 aromatic carbocycles. The van der Waals surface area contributed by atoms with Crippen LogP contribution in [0.25, 0.3) is 11.3 Å². The average molecular weight is 263 g/mol. The van der Waals surface area contributed by atoms with Crippen molar-refractivity contribution in [2.24, 2.45) is 0 Å². The van der Waals surface area contributed by atoms with Gasteiger partial charge in [0.2, 0.25) is 0 Å². The van der Waals surface area contributed by atoms with E-state index in [1.807, 2.05) is 13.0 Å². The minimum atomic E-state index is -0.431. The Bertz CT molecular complexity index is 722. The second-order valence-corrected chi connectivity index (χ2v) is 5.73. The van der Waals surface area contributed by atoms with E-state index >= 15 is 0 Å². The van der Waals surface area contributed by atoms with Gasteiger partial charge in [0.05, 0.1) is 11.8 Å². The van der Waals surface area contributed by atoms with Crippen molar-refractivity contribution in [3.05, 3.63) is 46.9 Å². The van der Waals surface area contributed by atoms with Gasteiger partial charge in [-0.3, -0.25) is 0 Å². The van der Waals surface area contributed by atoms with Crippen molar-refractivity contribution in [1.82, 2.24) is 9.97 Å². The van der Waals surface area contributed by atoms with Gasteiger partial charge in [-0.15, -0.1) is 0 Å². The summed E-state index contributed by atoms with van der Waals surface area (Å²) in [4.78, 5) is 9.14. The number of rotatable bonds is 2. The predicted octanol–water partition coefficient (Wildman–Crippen LogP) is 3.62. The molecular weight excluding hydrogens is 246 g/mol. The quantitative estimate of drug-likeness (QED) is 0.831. The monoisotopic (exact) mass is 263 g/mol. The molecule has 0 saturated heterocycles. The van der Waals surface area contributed by atoms with Crippen molar-refractivity contribution in [3.63, 3.8) is 0 Å². The van der Waals surface area contributed by atoms with Crippen molar-refractivity contribution < 1.29 is 0 Å². The molecule has 0 unspecified atom stereocenters. The zero-order valence-corrected chi connectivity index (χ0v) is 12.1. The van der Waals surface area contributed by atoms with Gasteiger partial charge in [0.15, 0.2) is 0 Å². The van der Waals surface area contributed by atoms with Gasteiger partial charge < -0.3 is 0 Å². The van der Waals surface area contributed by atoms with Crippen LogP contribution in [-0.4, -0.2) is 9.97 Å².